The fourth-order valence-corrected chi connectivity index (χ4v) is 2.22. The molecule has 0 atom stereocenters. The Kier molecular flexibility index (Phi) is 3.65. The number of thioether (sulfide) groups is 1. The van der Waals surface area contributed by atoms with Crippen LogP contribution in [-0.2, 0) is 11.2 Å². The summed E-state index contributed by atoms with van der Waals surface area (Å²) < 4.78 is 0. The molecule has 0 bridgehead atoms. The minimum atomic E-state index is 0.0766. The molecule has 0 spiro atoms. The number of carbonyl (C=O) groups excluding carboxylic acids is 2. The van der Waals surface area contributed by atoms with Crippen LogP contribution < -0.4 is 0 Å². The molecule has 3 heteroatoms. The molecule has 2 rings (SSSR count). The monoisotopic (exact) mass is 244 g/mol. The van der Waals surface area contributed by atoms with Crippen LogP contribution in [0.1, 0.15) is 34.8 Å². The second-order valence-corrected chi connectivity index (χ2v) is 4.99. The number of carbonyl (C=O) groups is 2. The molecule has 1 aliphatic carbocycles. The van der Waals surface area contributed by atoms with Gasteiger partial charge in [-0.05, 0) is 18.1 Å². The van der Waals surface area contributed by atoms with Crippen LogP contribution in [0.2, 0.25) is 0 Å². The Bertz CT molecular complexity index is 535. The van der Waals surface area contributed by atoms with Gasteiger partial charge in [0.15, 0.2) is 10.9 Å². The van der Waals surface area contributed by atoms with Gasteiger partial charge >= 0.3 is 0 Å². The number of Topliss-reactive ketones (excluding diaryl/α,β-unsaturated/α-hetero) is 1. The van der Waals surface area contributed by atoms with Crippen LogP contribution in [0.5, 0.6) is 0 Å². The van der Waals surface area contributed by atoms with Crippen molar-refractivity contribution in [3.63, 3.8) is 0 Å². The van der Waals surface area contributed by atoms with E-state index in [-0.39, 0.29) is 10.9 Å². The lowest BCUT2D eigenvalue weighted by Crippen LogP contribution is -1.92. The van der Waals surface area contributed by atoms with E-state index >= 15 is 0 Å². The van der Waals surface area contributed by atoms with Crippen LogP contribution in [0.4, 0.5) is 0 Å². The summed E-state index contributed by atoms with van der Waals surface area (Å²) in [5.74, 6) is 6.72. The maximum atomic E-state index is 11.5. The summed E-state index contributed by atoms with van der Waals surface area (Å²) in [7, 11) is 0. The smallest absolute Gasteiger partial charge is 0.186 e. The summed E-state index contributed by atoms with van der Waals surface area (Å²) in [5.41, 5.74) is 2.81. The van der Waals surface area contributed by atoms with Crippen molar-refractivity contribution in [1.82, 2.24) is 0 Å². The van der Waals surface area contributed by atoms with Crippen LogP contribution >= 0.6 is 11.8 Å². The first-order valence-electron chi connectivity index (χ1n) is 5.46. The van der Waals surface area contributed by atoms with E-state index in [1.54, 1.807) is 0 Å². The van der Waals surface area contributed by atoms with Crippen LogP contribution in [-0.4, -0.2) is 16.7 Å². The molecule has 86 valence electrons. The quantitative estimate of drug-likeness (QED) is 0.712. The molecule has 0 heterocycles. The first kappa shape index (κ1) is 11.9. The SMILES string of the molecule is CC(=O)SCC#Cc1cccc2c1CCC2=O. The summed E-state index contributed by atoms with van der Waals surface area (Å²) in [6.45, 7) is 1.53. The summed E-state index contributed by atoms with van der Waals surface area (Å²) >= 11 is 1.20. The highest BCUT2D eigenvalue weighted by atomic mass is 32.2. The standard InChI is InChI=1S/C14H12O2S/c1-10(15)17-9-3-5-11-4-2-6-13-12(11)7-8-14(13)16/h2,4,6H,7-9H2,1H3. The molecule has 0 aliphatic heterocycles. The lowest BCUT2D eigenvalue weighted by Gasteiger charge is -1.99. The Hall–Kier alpha value is -1.53. The lowest BCUT2D eigenvalue weighted by atomic mass is 10.0. The van der Waals surface area contributed by atoms with Gasteiger partial charge < -0.3 is 0 Å². The van der Waals surface area contributed by atoms with E-state index in [1.165, 1.54) is 18.7 Å². The third-order valence-corrected chi connectivity index (χ3v) is 3.34. The number of fused-ring (bicyclic) bond motifs is 1. The van der Waals surface area contributed by atoms with E-state index in [2.05, 4.69) is 11.8 Å². The average molecular weight is 244 g/mol. The Morgan fingerprint density at radius 1 is 1.41 bits per heavy atom. The molecule has 0 aromatic heterocycles. The lowest BCUT2D eigenvalue weighted by molar-refractivity contribution is -0.109. The number of benzene rings is 1. The van der Waals surface area contributed by atoms with Gasteiger partial charge in [0, 0.05) is 24.5 Å². The van der Waals surface area contributed by atoms with Crippen molar-refractivity contribution < 1.29 is 9.59 Å². The Labute approximate surface area is 105 Å². The van der Waals surface area contributed by atoms with Crippen LogP contribution in [0.3, 0.4) is 0 Å². The molecule has 1 aliphatic rings. The minimum Gasteiger partial charge on any atom is -0.294 e. The highest BCUT2D eigenvalue weighted by Crippen LogP contribution is 2.24. The molecule has 0 N–H and O–H groups in total. The zero-order valence-corrected chi connectivity index (χ0v) is 10.4. The second-order valence-electron chi connectivity index (χ2n) is 3.84. The maximum absolute atomic E-state index is 11.5. The van der Waals surface area contributed by atoms with Gasteiger partial charge in [0.2, 0.25) is 0 Å². The molecule has 1 aromatic rings. The van der Waals surface area contributed by atoms with Gasteiger partial charge in [-0.15, -0.1) is 0 Å². The zero-order valence-electron chi connectivity index (χ0n) is 9.58. The highest BCUT2D eigenvalue weighted by molar-refractivity contribution is 8.13. The summed E-state index contributed by atoms with van der Waals surface area (Å²) in [6.07, 6.45) is 1.38. The van der Waals surface area contributed by atoms with Crippen LogP contribution in [0.25, 0.3) is 0 Å². The van der Waals surface area contributed by atoms with Crippen molar-refractivity contribution >= 4 is 22.7 Å². The molecular formula is C14H12O2S. The van der Waals surface area contributed by atoms with Gasteiger partial charge in [-0.1, -0.05) is 35.7 Å². The zero-order chi connectivity index (χ0) is 12.3. The van der Waals surface area contributed by atoms with Gasteiger partial charge in [-0.3, -0.25) is 9.59 Å². The van der Waals surface area contributed by atoms with E-state index in [0.29, 0.717) is 12.2 Å². The van der Waals surface area contributed by atoms with Gasteiger partial charge in [-0.2, -0.15) is 0 Å². The second kappa shape index (κ2) is 5.20. The van der Waals surface area contributed by atoms with Gasteiger partial charge in [0.05, 0.1) is 5.75 Å². The third-order valence-electron chi connectivity index (χ3n) is 2.65. The van der Waals surface area contributed by atoms with Crippen molar-refractivity contribution in [1.29, 1.82) is 0 Å². The summed E-state index contributed by atoms with van der Waals surface area (Å²) in [4.78, 5) is 22.3. The molecule has 0 unspecified atom stereocenters. The maximum Gasteiger partial charge on any atom is 0.186 e. The Morgan fingerprint density at radius 3 is 3.00 bits per heavy atom. The molecule has 0 saturated heterocycles. The van der Waals surface area contributed by atoms with Gasteiger partial charge in [0.25, 0.3) is 0 Å². The predicted octanol–water partition coefficient (Wildman–Crippen LogP) is 2.45. The minimum absolute atomic E-state index is 0.0766. The molecule has 0 amide bonds. The molecule has 0 saturated carbocycles. The molecule has 17 heavy (non-hydrogen) atoms. The van der Waals surface area contributed by atoms with Crippen LogP contribution in [0, 0.1) is 11.8 Å². The predicted molar refractivity (Wildman–Crippen MR) is 69.1 cm³/mol. The summed E-state index contributed by atoms with van der Waals surface area (Å²) in [6, 6.07) is 5.66. The number of hydrogen-bond donors (Lipinski definition) is 0. The van der Waals surface area contributed by atoms with Crippen molar-refractivity contribution in [2.24, 2.45) is 0 Å². The molecule has 1 aromatic carbocycles. The highest BCUT2D eigenvalue weighted by Gasteiger charge is 2.20. The van der Waals surface area contributed by atoms with E-state index in [4.69, 9.17) is 0 Å². The number of ketones is 1. The summed E-state index contributed by atoms with van der Waals surface area (Å²) in [5, 5.41) is 0.0766. The Balaban J connectivity index is 2.17. The first-order valence-corrected chi connectivity index (χ1v) is 6.44. The fraction of sp³-hybridized carbons (Fsp3) is 0.286. The van der Waals surface area contributed by atoms with Crippen molar-refractivity contribution in [2.45, 2.75) is 19.8 Å². The normalized spacial score (nSPS) is 12.9. The average Bonchev–Trinajstić information content (AvgIpc) is 2.67. The van der Waals surface area contributed by atoms with E-state index in [1.807, 2.05) is 18.2 Å². The molecule has 0 radical (unpaired) electrons. The van der Waals surface area contributed by atoms with E-state index < -0.39 is 0 Å². The molecule has 2 nitrogen and oxygen atoms in total. The largest absolute Gasteiger partial charge is 0.294 e. The van der Waals surface area contributed by atoms with Gasteiger partial charge in [0.1, 0.15) is 0 Å². The van der Waals surface area contributed by atoms with Crippen LogP contribution in [0.15, 0.2) is 18.2 Å². The number of hydrogen-bond acceptors (Lipinski definition) is 3. The van der Waals surface area contributed by atoms with Crippen molar-refractivity contribution in [3.8, 4) is 11.8 Å². The topological polar surface area (TPSA) is 34.1 Å². The Morgan fingerprint density at radius 2 is 2.24 bits per heavy atom. The number of rotatable bonds is 1. The van der Waals surface area contributed by atoms with Crippen molar-refractivity contribution in [2.75, 3.05) is 5.75 Å². The van der Waals surface area contributed by atoms with Crippen molar-refractivity contribution in [3.05, 3.63) is 34.9 Å². The van der Waals surface area contributed by atoms with Gasteiger partial charge in [-0.25, -0.2) is 0 Å². The third kappa shape index (κ3) is 2.78. The first-order chi connectivity index (χ1) is 8.18. The molecule has 0 fully saturated rings. The molecular weight excluding hydrogens is 232 g/mol. The van der Waals surface area contributed by atoms with E-state index in [0.717, 1.165) is 23.1 Å². The fourth-order valence-electron chi connectivity index (χ4n) is 1.88. The van der Waals surface area contributed by atoms with E-state index in [9.17, 15) is 9.59 Å².